The van der Waals surface area contributed by atoms with E-state index in [1.54, 1.807) is 7.11 Å². The number of hydrogen-bond acceptors (Lipinski definition) is 3. The van der Waals surface area contributed by atoms with Crippen molar-refractivity contribution in [1.29, 1.82) is 0 Å². The molecule has 0 unspecified atom stereocenters. The van der Waals surface area contributed by atoms with E-state index >= 15 is 0 Å². The summed E-state index contributed by atoms with van der Waals surface area (Å²) in [6, 6.07) is 12.0. The fourth-order valence-electron chi connectivity index (χ4n) is 2.43. The summed E-state index contributed by atoms with van der Waals surface area (Å²) in [5.74, 6) is 1.55. The molecule has 0 fully saturated rings. The van der Waals surface area contributed by atoms with E-state index in [0.29, 0.717) is 12.2 Å². The smallest absolute Gasteiger partial charge is 0.141 e. The molecular formula is C16H17N3O. The van der Waals surface area contributed by atoms with E-state index in [4.69, 9.17) is 10.5 Å². The SMILES string of the molecule is COc1ccccc1Cc1nc2c(C)cccn2c1N. The van der Waals surface area contributed by atoms with Crippen molar-refractivity contribution in [3.63, 3.8) is 0 Å². The number of nitrogens with two attached hydrogens (primary N) is 1. The minimum Gasteiger partial charge on any atom is -0.496 e. The normalized spacial score (nSPS) is 10.9. The molecule has 0 aliphatic heterocycles. The fraction of sp³-hybridized carbons (Fsp3) is 0.188. The molecule has 102 valence electrons. The van der Waals surface area contributed by atoms with E-state index in [0.717, 1.165) is 28.2 Å². The molecule has 0 radical (unpaired) electrons. The van der Waals surface area contributed by atoms with E-state index in [9.17, 15) is 0 Å². The number of anilines is 1. The summed E-state index contributed by atoms with van der Waals surface area (Å²) in [6.45, 7) is 2.04. The zero-order valence-corrected chi connectivity index (χ0v) is 11.6. The van der Waals surface area contributed by atoms with Gasteiger partial charge in [-0.2, -0.15) is 0 Å². The second-order valence-corrected chi connectivity index (χ2v) is 4.82. The van der Waals surface area contributed by atoms with E-state index < -0.39 is 0 Å². The highest BCUT2D eigenvalue weighted by Crippen LogP contribution is 2.25. The van der Waals surface area contributed by atoms with Crippen molar-refractivity contribution in [3.05, 3.63) is 59.4 Å². The predicted octanol–water partition coefficient (Wildman–Crippen LogP) is 2.82. The van der Waals surface area contributed by atoms with Gasteiger partial charge in [0.2, 0.25) is 0 Å². The average Bonchev–Trinajstić information content (AvgIpc) is 2.78. The molecule has 0 saturated heterocycles. The summed E-state index contributed by atoms with van der Waals surface area (Å²) in [6.07, 6.45) is 2.60. The topological polar surface area (TPSA) is 52.5 Å². The lowest BCUT2D eigenvalue weighted by atomic mass is 10.1. The van der Waals surface area contributed by atoms with Gasteiger partial charge in [-0.3, -0.25) is 4.40 Å². The molecule has 0 bridgehead atoms. The van der Waals surface area contributed by atoms with Gasteiger partial charge in [0, 0.05) is 18.2 Å². The summed E-state index contributed by atoms with van der Waals surface area (Å²) in [5.41, 5.74) is 10.2. The van der Waals surface area contributed by atoms with Gasteiger partial charge in [0.15, 0.2) is 0 Å². The Labute approximate surface area is 117 Å². The van der Waals surface area contributed by atoms with Crippen LogP contribution in [0.25, 0.3) is 5.65 Å². The molecule has 1 aromatic carbocycles. The van der Waals surface area contributed by atoms with Crippen LogP contribution in [0.4, 0.5) is 5.82 Å². The summed E-state index contributed by atoms with van der Waals surface area (Å²) in [4.78, 5) is 4.66. The van der Waals surface area contributed by atoms with Gasteiger partial charge in [-0.1, -0.05) is 24.3 Å². The lowest BCUT2D eigenvalue weighted by molar-refractivity contribution is 0.410. The largest absolute Gasteiger partial charge is 0.496 e. The van der Waals surface area contributed by atoms with Gasteiger partial charge in [-0.05, 0) is 24.6 Å². The summed E-state index contributed by atoms with van der Waals surface area (Å²) in [5, 5.41) is 0. The number of benzene rings is 1. The lowest BCUT2D eigenvalue weighted by Crippen LogP contribution is -1.99. The first-order valence-corrected chi connectivity index (χ1v) is 6.54. The standard InChI is InChI=1S/C16H17N3O/c1-11-6-5-9-19-15(17)13(18-16(11)19)10-12-7-3-4-8-14(12)20-2/h3-9H,10,17H2,1-2H3. The van der Waals surface area contributed by atoms with Crippen molar-refractivity contribution < 1.29 is 4.74 Å². The quantitative estimate of drug-likeness (QED) is 0.794. The van der Waals surface area contributed by atoms with Crippen molar-refractivity contribution in [2.75, 3.05) is 12.8 Å². The van der Waals surface area contributed by atoms with E-state index in [1.165, 1.54) is 0 Å². The highest BCUT2D eigenvalue weighted by Gasteiger charge is 2.12. The van der Waals surface area contributed by atoms with Gasteiger partial charge in [-0.25, -0.2) is 4.98 Å². The van der Waals surface area contributed by atoms with Crippen molar-refractivity contribution in [2.24, 2.45) is 0 Å². The molecule has 2 N–H and O–H groups in total. The number of para-hydroxylation sites is 1. The average molecular weight is 267 g/mol. The van der Waals surface area contributed by atoms with Crippen LogP contribution in [0.5, 0.6) is 5.75 Å². The second kappa shape index (κ2) is 4.89. The molecule has 0 aliphatic rings. The van der Waals surface area contributed by atoms with Gasteiger partial charge in [0.05, 0.1) is 12.8 Å². The number of aryl methyl sites for hydroxylation is 1. The van der Waals surface area contributed by atoms with Crippen LogP contribution in [0.3, 0.4) is 0 Å². The molecule has 4 nitrogen and oxygen atoms in total. The van der Waals surface area contributed by atoms with Gasteiger partial charge >= 0.3 is 0 Å². The van der Waals surface area contributed by atoms with Crippen molar-refractivity contribution >= 4 is 11.5 Å². The first-order valence-electron chi connectivity index (χ1n) is 6.54. The number of fused-ring (bicyclic) bond motifs is 1. The number of ether oxygens (including phenoxy) is 1. The van der Waals surface area contributed by atoms with E-state index in [-0.39, 0.29) is 0 Å². The van der Waals surface area contributed by atoms with Crippen LogP contribution >= 0.6 is 0 Å². The molecular weight excluding hydrogens is 250 g/mol. The number of rotatable bonds is 3. The third-order valence-electron chi connectivity index (χ3n) is 3.51. The monoisotopic (exact) mass is 267 g/mol. The van der Waals surface area contributed by atoms with Crippen LogP contribution in [0.1, 0.15) is 16.8 Å². The maximum atomic E-state index is 6.21. The Kier molecular flexibility index (Phi) is 3.06. The molecule has 0 amide bonds. The Morgan fingerprint density at radius 2 is 2.00 bits per heavy atom. The van der Waals surface area contributed by atoms with Crippen LogP contribution in [-0.2, 0) is 6.42 Å². The number of nitrogens with zero attached hydrogens (tertiary/aromatic N) is 2. The van der Waals surface area contributed by atoms with Crippen LogP contribution < -0.4 is 10.5 Å². The van der Waals surface area contributed by atoms with Crippen LogP contribution in [0, 0.1) is 6.92 Å². The molecule has 20 heavy (non-hydrogen) atoms. The van der Waals surface area contributed by atoms with E-state index in [2.05, 4.69) is 4.98 Å². The van der Waals surface area contributed by atoms with Crippen LogP contribution in [0.2, 0.25) is 0 Å². The van der Waals surface area contributed by atoms with Gasteiger partial charge in [0.1, 0.15) is 17.2 Å². The minimum absolute atomic E-state index is 0.664. The summed E-state index contributed by atoms with van der Waals surface area (Å²) < 4.78 is 7.31. The number of nitrogen functional groups attached to an aromatic ring is 1. The summed E-state index contributed by atoms with van der Waals surface area (Å²) in [7, 11) is 1.68. The van der Waals surface area contributed by atoms with Crippen LogP contribution in [0.15, 0.2) is 42.6 Å². The molecule has 0 saturated carbocycles. The maximum absolute atomic E-state index is 6.21. The second-order valence-electron chi connectivity index (χ2n) is 4.82. The highest BCUT2D eigenvalue weighted by molar-refractivity contribution is 5.58. The third kappa shape index (κ3) is 1.99. The Morgan fingerprint density at radius 3 is 2.75 bits per heavy atom. The predicted molar refractivity (Wildman–Crippen MR) is 80.1 cm³/mol. The first kappa shape index (κ1) is 12.5. The number of methoxy groups -OCH3 is 1. The fourth-order valence-corrected chi connectivity index (χ4v) is 2.43. The van der Waals surface area contributed by atoms with Crippen LogP contribution in [-0.4, -0.2) is 16.5 Å². The molecule has 3 aromatic rings. The third-order valence-corrected chi connectivity index (χ3v) is 3.51. The molecule has 0 atom stereocenters. The zero-order chi connectivity index (χ0) is 14.1. The molecule has 3 rings (SSSR count). The van der Waals surface area contributed by atoms with Gasteiger partial charge in [0.25, 0.3) is 0 Å². The Morgan fingerprint density at radius 1 is 1.20 bits per heavy atom. The maximum Gasteiger partial charge on any atom is 0.141 e. The summed E-state index contributed by atoms with van der Waals surface area (Å²) >= 11 is 0. The number of pyridine rings is 1. The number of aromatic nitrogens is 2. The zero-order valence-electron chi connectivity index (χ0n) is 11.6. The number of hydrogen-bond donors (Lipinski definition) is 1. The molecule has 0 spiro atoms. The first-order chi connectivity index (χ1) is 9.70. The van der Waals surface area contributed by atoms with Gasteiger partial charge in [-0.15, -0.1) is 0 Å². The van der Waals surface area contributed by atoms with Crippen molar-refractivity contribution in [3.8, 4) is 5.75 Å². The Balaban J connectivity index is 2.07. The lowest BCUT2D eigenvalue weighted by Gasteiger charge is -2.06. The number of imidazole rings is 1. The molecule has 2 heterocycles. The van der Waals surface area contributed by atoms with Crippen molar-refractivity contribution in [2.45, 2.75) is 13.3 Å². The molecule has 0 aliphatic carbocycles. The highest BCUT2D eigenvalue weighted by atomic mass is 16.5. The molecule has 2 aromatic heterocycles. The molecule has 4 heteroatoms. The minimum atomic E-state index is 0.664. The van der Waals surface area contributed by atoms with E-state index in [1.807, 2.05) is 53.9 Å². The van der Waals surface area contributed by atoms with Crippen molar-refractivity contribution in [1.82, 2.24) is 9.38 Å². The van der Waals surface area contributed by atoms with Gasteiger partial charge < -0.3 is 10.5 Å². The Bertz CT molecular complexity index is 762. The Hall–Kier alpha value is -2.49.